The van der Waals surface area contributed by atoms with Gasteiger partial charge in [0.2, 0.25) is 0 Å². The van der Waals surface area contributed by atoms with Gasteiger partial charge < -0.3 is 0 Å². The molecule has 0 radical (unpaired) electrons. The molecule has 0 spiro atoms. The molecule has 0 atom stereocenters. The van der Waals surface area contributed by atoms with Gasteiger partial charge in [-0.25, -0.2) is 0 Å². The van der Waals surface area contributed by atoms with E-state index in [1.54, 1.807) is 6.92 Å². The molecule has 0 heterocycles. The molecule has 0 N–H and O–H groups in total. The van der Waals surface area contributed by atoms with Crippen LogP contribution in [0.2, 0.25) is 0 Å². The molecule has 0 amide bonds. The van der Waals surface area contributed by atoms with Crippen molar-refractivity contribution < 1.29 is 4.79 Å². The van der Waals surface area contributed by atoms with E-state index in [1.807, 2.05) is 30.3 Å². The summed E-state index contributed by atoms with van der Waals surface area (Å²) in [5, 5.41) is 0. The van der Waals surface area contributed by atoms with Crippen LogP contribution in [0.25, 0.3) is 0 Å². The summed E-state index contributed by atoms with van der Waals surface area (Å²) in [6, 6.07) is 28.8. The summed E-state index contributed by atoms with van der Waals surface area (Å²) in [6.07, 6.45) is 0. The minimum Gasteiger partial charge on any atom is -0.295 e. The van der Waals surface area contributed by atoms with Gasteiger partial charge in [0, 0.05) is 11.5 Å². The standard InChI is InChI=1S/C21H18O/c1-16(22)19-13-8-14-20(15-19)21(17-9-4-2-5-10-17)18-11-6-3-7-12-18/h2-15,21H,1H3. The zero-order chi connectivity index (χ0) is 15.4. The number of benzene rings is 3. The minimum absolute atomic E-state index is 0.0988. The van der Waals surface area contributed by atoms with Crippen molar-refractivity contribution in [3.05, 3.63) is 107 Å². The van der Waals surface area contributed by atoms with Gasteiger partial charge in [-0.2, -0.15) is 0 Å². The van der Waals surface area contributed by atoms with Crippen molar-refractivity contribution in [2.45, 2.75) is 12.8 Å². The van der Waals surface area contributed by atoms with Gasteiger partial charge in [0.15, 0.2) is 5.78 Å². The van der Waals surface area contributed by atoms with Crippen LogP contribution in [0.5, 0.6) is 0 Å². The molecule has 3 aromatic rings. The maximum atomic E-state index is 11.7. The summed E-state index contributed by atoms with van der Waals surface area (Å²) in [7, 11) is 0. The number of hydrogen-bond donors (Lipinski definition) is 0. The molecular weight excluding hydrogens is 268 g/mol. The number of ketones is 1. The summed E-state index contributed by atoms with van der Waals surface area (Å²) >= 11 is 0. The Morgan fingerprint density at radius 1 is 0.682 bits per heavy atom. The first-order valence-electron chi connectivity index (χ1n) is 7.46. The third-order valence-electron chi connectivity index (χ3n) is 3.89. The monoisotopic (exact) mass is 286 g/mol. The molecule has 0 saturated heterocycles. The second-order valence-corrected chi connectivity index (χ2v) is 5.44. The van der Waals surface area contributed by atoms with Crippen LogP contribution in [0.1, 0.15) is 39.9 Å². The van der Waals surface area contributed by atoms with Gasteiger partial charge in [-0.1, -0.05) is 78.9 Å². The van der Waals surface area contributed by atoms with Gasteiger partial charge in [0.25, 0.3) is 0 Å². The van der Waals surface area contributed by atoms with Crippen LogP contribution in [-0.4, -0.2) is 5.78 Å². The van der Waals surface area contributed by atoms with Crippen molar-refractivity contribution in [3.8, 4) is 0 Å². The normalized spacial score (nSPS) is 10.6. The predicted molar refractivity (Wildman–Crippen MR) is 90.3 cm³/mol. The van der Waals surface area contributed by atoms with Crippen molar-refractivity contribution in [2.75, 3.05) is 0 Å². The SMILES string of the molecule is CC(=O)c1cccc(C(c2ccccc2)c2ccccc2)c1. The van der Waals surface area contributed by atoms with E-state index in [9.17, 15) is 4.79 Å². The molecule has 0 aromatic heterocycles. The fourth-order valence-corrected chi connectivity index (χ4v) is 2.81. The van der Waals surface area contributed by atoms with E-state index in [2.05, 4.69) is 54.6 Å². The van der Waals surface area contributed by atoms with Crippen molar-refractivity contribution in [2.24, 2.45) is 0 Å². The summed E-state index contributed by atoms with van der Waals surface area (Å²) < 4.78 is 0. The average molecular weight is 286 g/mol. The molecule has 0 unspecified atom stereocenters. The highest BCUT2D eigenvalue weighted by Crippen LogP contribution is 2.32. The van der Waals surface area contributed by atoms with Crippen LogP contribution in [0, 0.1) is 0 Å². The molecule has 3 aromatic carbocycles. The predicted octanol–water partition coefficient (Wildman–Crippen LogP) is 5.07. The Labute approximate surface area is 131 Å². The van der Waals surface area contributed by atoms with Gasteiger partial charge in [-0.05, 0) is 29.7 Å². The number of carbonyl (C=O) groups is 1. The van der Waals surface area contributed by atoms with E-state index >= 15 is 0 Å². The lowest BCUT2D eigenvalue weighted by Gasteiger charge is -2.19. The Morgan fingerprint density at radius 3 is 1.68 bits per heavy atom. The van der Waals surface area contributed by atoms with Gasteiger partial charge in [0.05, 0.1) is 0 Å². The Kier molecular flexibility index (Phi) is 4.15. The van der Waals surface area contributed by atoms with E-state index in [0.717, 1.165) is 11.1 Å². The van der Waals surface area contributed by atoms with E-state index in [4.69, 9.17) is 0 Å². The van der Waals surface area contributed by atoms with Crippen molar-refractivity contribution in [1.82, 2.24) is 0 Å². The molecule has 0 aliphatic heterocycles. The maximum Gasteiger partial charge on any atom is 0.159 e. The van der Waals surface area contributed by atoms with Crippen LogP contribution in [0.4, 0.5) is 0 Å². The molecular formula is C21H18O. The molecule has 1 nitrogen and oxygen atoms in total. The number of carbonyl (C=O) groups excluding carboxylic acids is 1. The van der Waals surface area contributed by atoms with Crippen LogP contribution >= 0.6 is 0 Å². The lowest BCUT2D eigenvalue weighted by atomic mass is 9.84. The molecule has 22 heavy (non-hydrogen) atoms. The highest BCUT2D eigenvalue weighted by Gasteiger charge is 2.17. The van der Waals surface area contributed by atoms with Crippen molar-refractivity contribution in [3.63, 3.8) is 0 Å². The van der Waals surface area contributed by atoms with Crippen LogP contribution in [0.15, 0.2) is 84.9 Å². The molecule has 108 valence electrons. The fraction of sp³-hybridized carbons (Fsp3) is 0.0952. The highest BCUT2D eigenvalue weighted by atomic mass is 16.1. The summed E-state index contributed by atoms with van der Waals surface area (Å²) in [6.45, 7) is 1.61. The summed E-state index contributed by atoms with van der Waals surface area (Å²) in [5.74, 6) is 0.239. The number of hydrogen-bond acceptors (Lipinski definition) is 1. The van der Waals surface area contributed by atoms with Crippen LogP contribution < -0.4 is 0 Å². The first kappa shape index (κ1) is 14.3. The number of Topliss-reactive ketones (excluding diaryl/α,β-unsaturated/α-hetero) is 1. The third kappa shape index (κ3) is 2.99. The van der Waals surface area contributed by atoms with E-state index in [1.165, 1.54) is 11.1 Å². The van der Waals surface area contributed by atoms with E-state index < -0.39 is 0 Å². The quantitative estimate of drug-likeness (QED) is 0.483. The van der Waals surface area contributed by atoms with E-state index in [-0.39, 0.29) is 11.7 Å². The average Bonchev–Trinajstić information content (AvgIpc) is 2.57. The topological polar surface area (TPSA) is 17.1 Å². The fourth-order valence-electron chi connectivity index (χ4n) is 2.81. The molecule has 0 saturated carbocycles. The number of rotatable bonds is 4. The molecule has 0 bridgehead atoms. The second-order valence-electron chi connectivity index (χ2n) is 5.44. The van der Waals surface area contributed by atoms with E-state index in [0.29, 0.717) is 0 Å². The smallest absolute Gasteiger partial charge is 0.159 e. The van der Waals surface area contributed by atoms with Crippen LogP contribution in [-0.2, 0) is 0 Å². The Morgan fingerprint density at radius 2 is 1.18 bits per heavy atom. The molecule has 3 rings (SSSR count). The molecule has 1 heteroatoms. The lowest BCUT2D eigenvalue weighted by molar-refractivity contribution is 0.101. The zero-order valence-corrected chi connectivity index (χ0v) is 12.6. The molecule has 0 aliphatic carbocycles. The Hall–Kier alpha value is -2.67. The lowest BCUT2D eigenvalue weighted by Crippen LogP contribution is -2.04. The van der Waals surface area contributed by atoms with Crippen molar-refractivity contribution in [1.29, 1.82) is 0 Å². The van der Waals surface area contributed by atoms with Crippen LogP contribution in [0.3, 0.4) is 0 Å². The van der Waals surface area contributed by atoms with Gasteiger partial charge in [0.1, 0.15) is 0 Å². The zero-order valence-electron chi connectivity index (χ0n) is 12.6. The van der Waals surface area contributed by atoms with Crippen molar-refractivity contribution >= 4 is 5.78 Å². The molecule has 0 aliphatic rings. The maximum absolute atomic E-state index is 11.7. The summed E-state index contributed by atoms with van der Waals surface area (Å²) in [5.41, 5.74) is 4.36. The van der Waals surface area contributed by atoms with Gasteiger partial charge in [-0.3, -0.25) is 4.79 Å². The summed E-state index contributed by atoms with van der Waals surface area (Å²) in [4.78, 5) is 11.7. The largest absolute Gasteiger partial charge is 0.295 e. The molecule has 0 fully saturated rings. The minimum atomic E-state index is 0.0988. The van der Waals surface area contributed by atoms with Gasteiger partial charge >= 0.3 is 0 Å². The second kappa shape index (κ2) is 6.40. The first-order valence-corrected chi connectivity index (χ1v) is 7.46. The van der Waals surface area contributed by atoms with Gasteiger partial charge in [-0.15, -0.1) is 0 Å². The third-order valence-corrected chi connectivity index (χ3v) is 3.89. The highest BCUT2D eigenvalue weighted by molar-refractivity contribution is 5.94. The first-order chi connectivity index (χ1) is 10.8. The Bertz CT molecular complexity index is 721. The Balaban J connectivity index is 2.14.